The summed E-state index contributed by atoms with van der Waals surface area (Å²) in [4.78, 5) is 30.1. The van der Waals surface area contributed by atoms with Gasteiger partial charge in [0, 0.05) is 23.2 Å². The summed E-state index contributed by atoms with van der Waals surface area (Å²) in [5, 5.41) is 9.72. The lowest BCUT2D eigenvalue weighted by atomic mass is 10.2. The van der Waals surface area contributed by atoms with Crippen molar-refractivity contribution in [1.29, 1.82) is 0 Å². The second kappa shape index (κ2) is 9.48. The predicted octanol–water partition coefficient (Wildman–Crippen LogP) is 4.98. The number of nitrogens with one attached hydrogen (secondary N) is 2. The monoisotopic (exact) mass is 400 g/mol. The van der Waals surface area contributed by atoms with Gasteiger partial charge in [-0.15, -0.1) is 22.7 Å². The van der Waals surface area contributed by atoms with E-state index in [9.17, 15) is 9.59 Å². The van der Waals surface area contributed by atoms with E-state index in [2.05, 4.69) is 20.6 Å². The second-order valence-corrected chi connectivity index (χ2v) is 8.72. The molecular formula is C16H24N4O4S2. The molecule has 2 rings (SSSR count). The number of nitrogens with zero attached hydrogens (tertiary/aromatic N) is 2. The number of aromatic nitrogens is 2. The lowest BCUT2D eigenvalue weighted by molar-refractivity contribution is 0.0624. The summed E-state index contributed by atoms with van der Waals surface area (Å²) in [5.41, 5.74) is -0.942. The minimum atomic E-state index is -0.471. The Labute approximate surface area is 161 Å². The first-order chi connectivity index (χ1) is 11.9. The highest BCUT2D eigenvalue weighted by atomic mass is 32.1. The van der Waals surface area contributed by atoms with Crippen molar-refractivity contribution in [3.63, 3.8) is 0 Å². The average molecular weight is 401 g/mol. The van der Waals surface area contributed by atoms with Crippen LogP contribution in [0.2, 0.25) is 0 Å². The third kappa shape index (κ3) is 10.6. The molecule has 0 aromatic carbocycles. The van der Waals surface area contributed by atoms with Gasteiger partial charge in [-0.2, -0.15) is 0 Å². The van der Waals surface area contributed by atoms with Crippen molar-refractivity contribution in [2.45, 2.75) is 52.7 Å². The molecule has 8 nitrogen and oxygen atoms in total. The summed E-state index contributed by atoms with van der Waals surface area (Å²) >= 11 is 2.71. The van der Waals surface area contributed by atoms with Gasteiger partial charge in [-0.25, -0.2) is 19.6 Å². The van der Waals surface area contributed by atoms with Gasteiger partial charge in [-0.05, 0) is 41.5 Å². The molecule has 0 spiro atoms. The van der Waals surface area contributed by atoms with Gasteiger partial charge in [0.1, 0.15) is 11.2 Å². The zero-order valence-corrected chi connectivity index (χ0v) is 17.3. The van der Waals surface area contributed by atoms with Crippen LogP contribution in [-0.2, 0) is 9.47 Å². The van der Waals surface area contributed by atoms with E-state index in [0.717, 1.165) is 0 Å². The van der Waals surface area contributed by atoms with Gasteiger partial charge in [0.2, 0.25) is 0 Å². The highest BCUT2D eigenvalue weighted by Gasteiger charge is 2.17. The van der Waals surface area contributed by atoms with Crippen LogP contribution in [0.25, 0.3) is 0 Å². The molecule has 2 amide bonds. The van der Waals surface area contributed by atoms with Gasteiger partial charge in [0.05, 0.1) is 0 Å². The number of carbonyl (C=O) groups is 2. The Kier molecular flexibility index (Phi) is 7.97. The molecule has 0 aliphatic rings. The first-order valence-corrected chi connectivity index (χ1v) is 9.49. The molecule has 0 aliphatic heterocycles. The van der Waals surface area contributed by atoms with Crippen molar-refractivity contribution in [1.82, 2.24) is 9.97 Å². The summed E-state index contributed by atoms with van der Waals surface area (Å²) in [6.07, 6.45) is 2.30. The van der Waals surface area contributed by atoms with Crippen molar-refractivity contribution < 1.29 is 19.1 Å². The molecule has 0 unspecified atom stereocenters. The highest BCUT2D eigenvalue weighted by molar-refractivity contribution is 7.14. The second-order valence-electron chi connectivity index (χ2n) is 6.93. The average Bonchev–Trinajstić information content (AvgIpc) is 3.08. The van der Waals surface area contributed by atoms with E-state index in [-0.39, 0.29) is 0 Å². The van der Waals surface area contributed by atoms with Gasteiger partial charge in [-0.1, -0.05) is 0 Å². The minimum Gasteiger partial charge on any atom is -0.444 e. The molecule has 0 bridgehead atoms. The zero-order valence-electron chi connectivity index (χ0n) is 15.7. The maximum absolute atomic E-state index is 11.2. The summed E-state index contributed by atoms with van der Waals surface area (Å²) in [5.74, 6) is 0. The van der Waals surface area contributed by atoms with Crippen molar-refractivity contribution in [3.05, 3.63) is 23.2 Å². The van der Waals surface area contributed by atoms with Crippen molar-refractivity contribution in [3.8, 4) is 0 Å². The molecular weight excluding hydrogens is 376 g/mol. The largest absolute Gasteiger partial charge is 0.444 e. The van der Waals surface area contributed by atoms with Crippen molar-refractivity contribution in [2.24, 2.45) is 0 Å². The predicted molar refractivity (Wildman–Crippen MR) is 104 cm³/mol. The normalized spacial score (nSPS) is 11.0. The third-order valence-electron chi connectivity index (χ3n) is 2.08. The Bertz CT molecular complexity index is 614. The molecule has 26 heavy (non-hydrogen) atoms. The van der Waals surface area contributed by atoms with E-state index in [1.165, 1.54) is 22.7 Å². The molecule has 0 atom stereocenters. The number of amides is 2. The first kappa shape index (κ1) is 21.8. The molecule has 2 aromatic rings. The van der Waals surface area contributed by atoms with Gasteiger partial charge in [-0.3, -0.25) is 10.6 Å². The van der Waals surface area contributed by atoms with Gasteiger partial charge in [0.15, 0.2) is 10.3 Å². The fraction of sp³-hybridized carbons (Fsp3) is 0.500. The lowest BCUT2D eigenvalue weighted by Crippen LogP contribution is -2.27. The quantitative estimate of drug-likeness (QED) is 0.737. The molecule has 2 heterocycles. The smallest absolute Gasteiger partial charge is 0.413 e. The first-order valence-electron chi connectivity index (χ1n) is 7.73. The molecule has 2 aromatic heterocycles. The summed E-state index contributed by atoms with van der Waals surface area (Å²) in [6, 6.07) is 0. The van der Waals surface area contributed by atoms with Gasteiger partial charge < -0.3 is 9.47 Å². The van der Waals surface area contributed by atoms with Crippen LogP contribution in [0.3, 0.4) is 0 Å². The van der Waals surface area contributed by atoms with Crippen LogP contribution in [0.15, 0.2) is 23.2 Å². The standard InChI is InChI=1S/2C8H12N2O2S/c2*1-8(2,3)12-7(11)10-6-9-4-5-13-6/h2*4-5H,1-3H3,(H,9,10,11). The molecule has 0 fully saturated rings. The van der Waals surface area contributed by atoms with E-state index < -0.39 is 23.4 Å². The van der Waals surface area contributed by atoms with Crippen molar-refractivity contribution in [2.75, 3.05) is 10.6 Å². The van der Waals surface area contributed by atoms with Crippen LogP contribution in [0.1, 0.15) is 41.5 Å². The fourth-order valence-corrected chi connectivity index (χ4v) is 2.38. The Balaban J connectivity index is 0.000000260. The Morgan fingerprint density at radius 1 is 0.808 bits per heavy atom. The van der Waals surface area contributed by atoms with Crippen LogP contribution in [-0.4, -0.2) is 33.4 Å². The molecule has 144 valence electrons. The topological polar surface area (TPSA) is 102 Å². The molecule has 0 saturated carbocycles. The van der Waals surface area contributed by atoms with Crippen LogP contribution >= 0.6 is 22.7 Å². The van der Waals surface area contributed by atoms with Crippen LogP contribution in [0, 0.1) is 0 Å². The number of hydrogen-bond donors (Lipinski definition) is 2. The van der Waals surface area contributed by atoms with Crippen LogP contribution in [0.4, 0.5) is 19.9 Å². The number of carbonyl (C=O) groups excluding carboxylic acids is 2. The lowest BCUT2D eigenvalue weighted by Gasteiger charge is -2.18. The third-order valence-corrected chi connectivity index (χ3v) is 3.46. The Morgan fingerprint density at radius 2 is 1.15 bits per heavy atom. The maximum Gasteiger partial charge on any atom is 0.413 e. The molecule has 0 aliphatic carbocycles. The Morgan fingerprint density at radius 3 is 1.38 bits per heavy atom. The summed E-state index contributed by atoms with van der Waals surface area (Å²) in [6.45, 7) is 10.9. The highest BCUT2D eigenvalue weighted by Crippen LogP contribution is 2.14. The minimum absolute atomic E-state index is 0.470. The SMILES string of the molecule is CC(C)(C)OC(=O)Nc1nccs1.CC(C)(C)OC(=O)Nc1nccs1. The number of thiazole rings is 2. The van der Waals surface area contributed by atoms with E-state index in [4.69, 9.17) is 9.47 Å². The van der Waals surface area contributed by atoms with Crippen LogP contribution < -0.4 is 10.6 Å². The maximum atomic E-state index is 11.2. The molecule has 0 saturated heterocycles. The summed E-state index contributed by atoms with van der Waals surface area (Å²) in [7, 11) is 0. The fourth-order valence-electron chi connectivity index (χ4n) is 1.35. The Hall–Kier alpha value is -2.20. The van der Waals surface area contributed by atoms with Gasteiger partial charge >= 0.3 is 12.2 Å². The zero-order chi connectivity index (χ0) is 19.8. The number of hydrogen-bond acceptors (Lipinski definition) is 8. The molecule has 2 N–H and O–H groups in total. The van der Waals surface area contributed by atoms with Crippen molar-refractivity contribution >= 4 is 45.1 Å². The van der Waals surface area contributed by atoms with E-state index in [1.54, 1.807) is 23.2 Å². The van der Waals surface area contributed by atoms with Gasteiger partial charge in [0.25, 0.3) is 0 Å². The number of rotatable bonds is 2. The number of anilines is 2. The molecule has 10 heteroatoms. The van der Waals surface area contributed by atoms with E-state index >= 15 is 0 Å². The molecule has 0 radical (unpaired) electrons. The number of ether oxygens (including phenoxy) is 2. The summed E-state index contributed by atoms with van der Waals surface area (Å²) < 4.78 is 10.1. The van der Waals surface area contributed by atoms with E-state index in [1.807, 2.05) is 41.5 Å². The van der Waals surface area contributed by atoms with Crippen LogP contribution in [0.5, 0.6) is 0 Å². The van der Waals surface area contributed by atoms with E-state index in [0.29, 0.717) is 10.3 Å².